The Morgan fingerprint density at radius 2 is 2.38 bits per heavy atom. The van der Waals surface area contributed by atoms with Gasteiger partial charge in [0.05, 0.1) is 6.54 Å². The van der Waals surface area contributed by atoms with Crippen LogP contribution in [0.25, 0.3) is 0 Å². The second-order valence-corrected chi connectivity index (χ2v) is 4.16. The van der Waals surface area contributed by atoms with Gasteiger partial charge < -0.3 is 20.4 Å². The van der Waals surface area contributed by atoms with Gasteiger partial charge in [-0.15, -0.1) is 10.2 Å². The molecule has 0 saturated heterocycles. The van der Waals surface area contributed by atoms with Gasteiger partial charge in [0.2, 0.25) is 11.0 Å². The lowest BCUT2D eigenvalue weighted by Crippen LogP contribution is -2.00. The second kappa shape index (κ2) is 3.85. The van der Waals surface area contributed by atoms with Crippen LogP contribution < -0.4 is 5.73 Å². The Balaban J connectivity index is 2.24. The van der Waals surface area contributed by atoms with Gasteiger partial charge in [0, 0.05) is 6.92 Å². The van der Waals surface area contributed by atoms with Crippen LogP contribution in [0, 0.1) is 17.0 Å². The number of aryl methyl sites for hydroxylation is 1. The SMILES string of the molecule is Cc1nc([N+](=O)[O-])cn1Cc1nnc(N)s1. The van der Waals surface area contributed by atoms with Gasteiger partial charge in [0.25, 0.3) is 0 Å². The van der Waals surface area contributed by atoms with E-state index in [0.29, 0.717) is 22.5 Å². The third kappa shape index (κ3) is 1.98. The van der Waals surface area contributed by atoms with Gasteiger partial charge in [-0.3, -0.25) is 0 Å². The highest BCUT2D eigenvalue weighted by Gasteiger charge is 2.16. The molecule has 0 aliphatic carbocycles. The first-order valence-corrected chi connectivity index (χ1v) is 5.14. The minimum absolute atomic E-state index is 0.171. The summed E-state index contributed by atoms with van der Waals surface area (Å²) in [6.07, 6.45) is 1.37. The highest BCUT2D eigenvalue weighted by molar-refractivity contribution is 7.15. The van der Waals surface area contributed by atoms with Gasteiger partial charge in [-0.1, -0.05) is 11.3 Å². The topological polar surface area (TPSA) is 113 Å². The number of nitrogen functional groups attached to an aromatic ring is 1. The molecule has 0 unspecified atom stereocenters. The van der Waals surface area contributed by atoms with Crippen LogP contribution in [0.4, 0.5) is 10.9 Å². The van der Waals surface area contributed by atoms with Crippen molar-refractivity contribution in [3.63, 3.8) is 0 Å². The monoisotopic (exact) mass is 240 g/mol. The van der Waals surface area contributed by atoms with E-state index in [1.807, 2.05) is 0 Å². The molecule has 0 aliphatic heterocycles. The number of nitrogens with zero attached hydrogens (tertiary/aromatic N) is 5. The van der Waals surface area contributed by atoms with Gasteiger partial charge >= 0.3 is 5.82 Å². The Bertz CT molecular complexity index is 533. The average molecular weight is 240 g/mol. The quantitative estimate of drug-likeness (QED) is 0.620. The predicted octanol–water partition coefficient (Wildman–Crippen LogP) is 0.582. The van der Waals surface area contributed by atoms with E-state index in [2.05, 4.69) is 15.2 Å². The number of aromatic nitrogens is 4. The van der Waals surface area contributed by atoms with Crippen LogP contribution in [0.3, 0.4) is 0 Å². The zero-order valence-electron chi connectivity index (χ0n) is 8.32. The number of anilines is 1. The predicted molar refractivity (Wildman–Crippen MR) is 57.0 cm³/mol. The smallest absolute Gasteiger partial charge is 0.374 e. The first-order valence-electron chi connectivity index (χ1n) is 4.32. The summed E-state index contributed by atoms with van der Waals surface area (Å²) in [6, 6.07) is 0. The number of hydrogen-bond donors (Lipinski definition) is 1. The zero-order valence-corrected chi connectivity index (χ0v) is 9.14. The molecule has 9 heteroatoms. The van der Waals surface area contributed by atoms with E-state index >= 15 is 0 Å². The summed E-state index contributed by atoms with van der Waals surface area (Å²) in [5.74, 6) is 0.385. The lowest BCUT2D eigenvalue weighted by molar-refractivity contribution is -0.389. The molecule has 2 aromatic rings. The van der Waals surface area contributed by atoms with Gasteiger partial charge in [-0.25, -0.2) is 0 Å². The first kappa shape index (κ1) is 10.5. The molecule has 0 fully saturated rings. The zero-order chi connectivity index (χ0) is 11.7. The van der Waals surface area contributed by atoms with Crippen LogP contribution in [0.1, 0.15) is 10.8 Å². The van der Waals surface area contributed by atoms with Gasteiger partial charge in [0.1, 0.15) is 11.2 Å². The summed E-state index contributed by atoms with van der Waals surface area (Å²) >= 11 is 1.25. The van der Waals surface area contributed by atoms with E-state index in [-0.39, 0.29) is 5.82 Å². The van der Waals surface area contributed by atoms with E-state index in [9.17, 15) is 10.1 Å². The van der Waals surface area contributed by atoms with Gasteiger partial charge in [-0.2, -0.15) is 0 Å². The van der Waals surface area contributed by atoms with Crippen molar-refractivity contribution in [1.82, 2.24) is 19.7 Å². The van der Waals surface area contributed by atoms with Crippen molar-refractivity contribution in [2.24, 2.45) is 0 Å². The summed E-state index contributed by atoms with van der Waals surface area (Å²) in [7, 11) is 0. The molecule has 0 spiro atoms. The van der Waals surface area contributed by atoms with Crippen molar-refractivity contribution < 1.29 is 4.92 Å². The minimum atomic E-state index is -0.530. The molecule has 0 saturated carbocycles. The maximum atomic E-state index is 10.5. The van der Waals surface area contributed by atoms with E-state index in [1.165, 1.54) is 17.5 Å². The Morgan fingerprint density at radius 3 is 2.88 bits per heavy atom. The lowest BCUT2D eigenvalue weighted by atomic mass is 10.6. The molecule has 0 aromatic carbocycles. The molecule has 8 nitrogen and oxygen atoms in total. The molecule has 0 aliphatic rings. The number of nitrogens with two attached hydrogens (primary N) is 1. The fraction of sp³-hybridized carbons (Fsp3) is 0.286. The van der Waals surface area contributed by atoms with E-state index in [0.717, 1.165) is 0 Å². The van der Waals surface area contributed by atoms with Crippen LogP contribution in [0.15, 0.2) is 6.20 Å². The summed E-state index contributed by atoms with van der Waals surface area (Å²) in [5, 5.41) is 19.1. The Hall–Kier alpha value is -2.03. The lowest BCUT2D eigenvalue weighted by Gasteiger charge is -1.96. The Morgan fingerprint density at radius 1 is 1.62 bits per heavy atom. The fourth-order valence-corrected chi connectivity index (χ4v) is 1.82. The first-order chi connectivity index (χ1) is 7.56. The van der Waals surface area contributed by atoms with E-state index in [1.54, 1.807) is 11.5 Å². The molecular formula is C7H8N6O2S. The maximum absolute atomic E-state index is 10.5. The summed E-state index contributed by atoms with van der Waals surface area (Å²) in [5.41, 5.74) is 5.44. The van der Waals surface area contributed by atoms with Crippen molar-refractivity contribution in [1.29, 1.82) is 0 Å². The van der Waals surface area contributed by atoms with Crippen molar-refractivity contribution >= 4 is 22.3 Å². The molecule has 16 heavy (non-hydrogen) atoms. The highest BCUT2D eigenvalue weighted by Crippen LogP contribution is 2.16. The van der Waals surface area contributed by atoms with Crippen molar-refractivity contribution in [2.45, 2.75) is 13.5 Å². The minimum Gasteiger partial charge on any atom is -0.374 e. The molecule has 0 radical (unpaired) electrons. The van der Waals surface area contributed by atoms with Crippen LogP contribution in [-0.2, 0) is 6.54 Å². The van der Waals surface area contributed by atoms with Crippen LogP contribution in [0.2, 0.25) is 0 Å². The molecule has 2 N–H and O–H groups in total. The summed E-state index contributed by atoms with van der Waals surface area (Å²) in [4.78, 5) is 13.8. The van der Waals surface area contributed by atoms with E-state index in [4.69, 9.17) is 5.73 Å². The molecule has 2 heterocycles. The standard InChI is InChI=1S/C7H8N6O2S/c1-4-9-5(13(14)15)2-12(4)3-6-10-11-7(8)16-6/h2H,3H2,1H3,(H2,8,11). The summed E-state index contributed by atoms with van der Waals surface area (Å²) in [6.45, 7) is 2.08. The van der Waals surface area contributed by atoms with Crippen molar-refractivity contribution in [3.8, 4) is 0 Å². The third-order valence-corrected chi connectivity index (χ3v) is 2.68. The molecule has 0 atom stereocenters. The molecule has 2 rings (SSSR count). The Labute approximate surface area is 93.9 Å². The highest BCUT2D eigenvalue weighted by atomic mass is 32.1. The molecule has 0 bridgehead atoms. The maximum Gasteiger partial charge on any atom is 0.381 e. The molecule has 0 amide bonds. The Kier molecular flexibility index (Phi) is 2.52. The van der Waals surface area contributed by atoms with Crippen molar-refractivity contribution in [3.05, 3.63) is 27.1 Å². The number of imidazole rings is 1. The molecule has 2 aromatic heterocycles. The van der Waals surface area contributed by atoms with E-state index < -0.39 is 4.92 Å². The number of nitro groups is 1. The molecular weight excluding hydrogens is 232 g/mol. The fourth-order valence-electron chi connectivity index (χ4n) is 1.22. The van der Waals surface area contributed by atoms with Gasteiger partial charge in [0.15, 0.2) is 0 Å². The second-order valence-electron chi connectivity index (χ2n) is 3.07. The van der Waals surface area contributed by atoms with Crippen LogP contribution in [-0.4, -0.2) is 24.7 Å². The largest absolute Gasteiger partial charge is 0.381 e. The number of rotatable bonds is 3. The molecule has 84 valence electrons. The third-order valence-electron chi connectivity index (χ3n) is 1.94. The van der Waals surface area contributed by atoms with Crippen LogP contribution >= 0.6 is 11.3 Å². The van der Waals surface area contributed by atoms with Gasteiger partial charge in [-0.05, 0) is 9.91 Å². The number of hydrogen-bond acceptors (Lipinski definition) is 7. The van der Waals surface area contributed by atoms with Crippen LogP contribution in [0.5, 0.6) is 0 Å². The van der Waals surface area contributed by atoms with Crippen molar-refractivity contribution in [2.75, 3.05) is 5.73 Å². The normalized spacial score (nSPS) is 10.6. The summed E-state index contributed by atoms with van der Waals surface area (Å²) < 4.78 is 1.64. The average Bonchev–Trinajstić information content (AvgIpc) is 2.75.